The number of benzene rings is 1. The normalized spacial score (nSPS) is 10.6. The Kier molecular flexibility index (Phi) is 3.51. The summed E-state index contributed by atoms with van der Waals surface area (Å²) in [6.45, 7) is 4.13. The van der Waals surface area contributed by atoms with Gasteiger partial charge in [-0.1, -0.05) is 12.1 Å². The first kappa shape index (κ1) is 12.4. The van der Waals surface area contributed by atoms with Gasteiger partial charge in [-0.15, -0.1) is 0 Å². The van der Waals surface area contributed by atoms with Crippen LogP contribution in [0.2, 0.25) is 0 Å². The third kappa shape index (κ3) is 2.80. The molecule has 2 aromatic rings. The Hall–Kier alpha value is -2.03. The van der Waals surface area contributed by atoms with E-state index in [1.807, 2.05) is 18.2 Å². The molecule has 0 saturated carbocycles. The Morgan fingerprint density at radius 2 is 1.94 bits per heavy atom. The van der Waals surface area contributed by atoms with E-state index in [1.165, 1.54) is 11.1 Å². The predicted molar refractivity (Wildman–Crippen MR) is 69.6 cm³/mol. The molecule has 1 heterocycles. The molecule has 0 aliphatic carbocycles. The smallest absolute Gasteiger partial charge is 0.303 e. The minimum atomic E-state index is -0.806. The van der Waals surface area contributed by atoms with Crippen LogP contribution in [0.4, 0.5) is 0 Å². The molecule has 1 aromatic carbocycles. The number of hydrogen-bond donors (Lipinski definition) is 1. The Labute approximate surface area is 106 Å². The lowest BCUT2D eigenvalue weighted by atomic mass is 10.1. The van der Waals surface area contributed by atoms with Crippen LogP contribution in [0.1, 0.15) is 23.3 Å². The molecule has 0 fully saturated rings. The Morgan fingerprint density at radius 3 is 2.61 bits per heavy atom. The van der Waals surface area contributed by atoms with Gasteiger partial charge in [-0.05, 0) is 43.2 Å². The van der Waals surface area contributed by atoms with Crippen molar-refractivity contribution >= 4 is 5.97 Å². The lowest BCUT2D eigenvalue weighted by Crippen LogP contribution is -1.96. The molecule has 0 radical (unpaired) electrons. The van der Waals surface area contributed by atoms with E-state index in [0.29, 0.717) is 12.2 Å². The maximum absolute atomic E-state index is 10.5. The maximum Gasteiger partial charge on any atom is 0.303 e. The zero-order valence-electron chi connectivity index (χ0n) is 10.6. The van der Waals surface area contributed by atoms with Crippen molar-refractivity contribution in [2.45, 2.75) is 26.7 Å². The summed E-state index contributed by atoms with van der Waals surface area (Å²) in [6, 6.07) is 9.89. The lowest BCUT2D eigenvalue weighted by Gasteiger charge is -2.02. The lowest BCUT2D eigenvalue weighted by molar-refractivity contribution is -0.137. The molecule has 3 nitrogen and oxygen atoms in total. The van der Waals surface area contributed by atoms with E-state index in [9.17, 15) is 4.79 Å². The van der Waals surface area contributed by atoms with E-state index in [0.717, 1.165) is 11.3 Å². The van der Waals surface area contributed by atoms with Gasteiger partial charge in [0.25, 0.3) is 0 Å². The highest BCUT2D eigenvalue weighted by molar-refractivity contribution is 5.67. The van der Waals surface area contributed by atoms with Gasteiger partial charge < -0.3 is 9.52 Å². The van der Waals surface area contributed by atoms with Gasteiger partial charge in [-0.2, -0.15) is 0 Å². The summed E-state index contributed by atoms with van der Waals surface area (Å²) in [7, 11) is 0. The van der Waals surface area contributed by atoms with Crippen molar-refractivity contribution in [1.29, 1.82) is 0 Å². The number of aryl methyl sites for hydroxylation is 3. The van der Waals surface area contributed by atoms with E-state index < -0.39 is 5.97 Å². The number of hydrogen-bond acceptors (Lipinski definition) is 2. The van der Waals surface area contributed by atoms with Crippen molar-refractivity contribution in [3.63, 3.8) is 0 Å². The van der Waals surface area contributed by atoms with Gasteiger partial charge in [-0.3, -0.25) is 4.79 Å². The zero-order valence-corrected chi connectivity index (χ0v) is 10.6. The predicted octanol–water partition coefficient (Wildman–Crippen LogP) is 3.58. The van der Waals surface area contributed by atoms with Gasteiger partial charge in [0.2, 0.25) is 0 Å². The Balaban J connectivity index is 2.18. The standard InChI is InChI=1S/C15H16O3/c1-10-3-4-12(9-11(10)2)14-7-5-13(18-14)6-8-15(16)17/h3-5,7,9H,6,8H2,1-2H3,(H,16,17). The summed E-state index contributed by atoms with van der Waals surface area (Å²) in [6.07, 6.45) is 0.528. The Bertz CT molecular complexity index is 567. The quantitative estimate of drug-likeness (QED) is 0.894. The molecule has 0 atom stereocenters. The molecule has 0 spiro atoms. The van der Waals surface area contributed by atoms with Crippen LogP contribution in [0.5, 0.6) is 0 Å². The Morgan fingerprint density at radius 1 is 1.17 bits per heavy atom. The average Bonchev–Trinajstić information content (AvgIpc) is 2.79. The molecule has 94 valence electrons. The van der Waals surface area contributed by atoms with Crippen LogP contribution in [0, 0.1) is 13.8 Å². The second-order valence-electron chi connectivity index (χ2n) is 4.46. The fraction of sp³-hybridized carbons (Fsp3) is 0.267. The van der Waals surface area contributed by atoms with Crippen molar-refractivity contribution in [2.75, 3.05) is 0 Å². The minimum Gasteiger partial charge on any atom is -0.481 e. The summed E-state index contributed by atoms with van der Waals surface area (Å²) in [5.74, 6) is 0.697. The molecule has 2 rings (SSSR count). The number of carboxylic acids is 1. The first-order chi connectivity index (χ1) is 8.56. The number of rotatable bonds is 4. The van der Waals surface area contributed by atoms with Gasteiger partial charge in [-0.25, -0.2) is 0 Å². The summed E-state index contributed by atoms with van der Waals surface area (Å²) >= 11 is 0. The number of carbonyl (C=O) groups is 1. The van der Waals surface area contributed by atoms with Crippen molar-refractivity contribution in [3.05, 3.63) is 47.2 Å². The molecule has 0 unspecified atom stereocenters. The van der Waals surface area contributed by atoms with Gasteiger partial charge >= 0.3 is 5.97 Å². The van der Waals surface area contributed by atoms with Crippen LogP contribution in [-0.2, 0) is 11.2 Å². The maximum atomic E-state index is 10.5. The SMILES string of the molecule is Cc1ccc(-c2ccc(CCC(=O)O)o2)cc1C. The monoisotopic (exact) mass is 244 g/mol. The third-order valence-electron chi connectivity index (χ3n) is 3.04. The fourth-order valence-corrected chi connectivity index (χ4v) is 1.79. The second-order valence-corrected chi connectivity index (χ2v) is 4.46. The van der Waals surface area contributed by atoms with E-state index in [4.69, 9.17) is 9.52 Å². The van der Waals surface area contributed by atoms with E-state index in [2.05, 4.69) is 26.0 Å². The molecule has 1 N–H and O–H groups in total. The summed E-state index contributed by atoms with van der Waals surface area (Å²) in [5.41, 5.74) is 3.49. The summed E-state index contributed by atoms with van der Waals surface area (Å²) in [5, 5.41) is 8.62. The van der Waals surface area contributed by atoms with Crippen molar-refractivity contribution in [1.82, 2.24) is 0 Å². The molecule has 0 aliphatic rings. The summed E-state index contributed by atoms with van der Waals surface area (Å²) in [4.78, 5) is 10.5. The van der Waals surface area contributed by atoms with Crippen LogP contribution in [0.25, 0.3) is 11.3 Å². The molecule has 0 bridgehead atoms. The van der Waals surface area contributed by atoms with Gasteiger partial charge in [0.05, 0.1) is 6.42 Å². The van der Waals surface area contributed by atoms with Gasteiger partial charge in [0.1, 0.15) is 11.5 Å². The number of aliphatic carboxylic acids is 1. The van der Waals surface area contributed by atoms with Crippen molar-refractivity contribution < 1.29 is 14.3 Å². The molecular weight excluding hydrogens is 228 g/mol. The molecular formula is C15H16O3. The topological polar surface area (TPSA) is 50.4 Å². The van der Waals surface area contributed by atoms with E-state index in [1.54, 1.807) is 0 Å². The van der Waals surface area contributed by atoms with Crippen LogP contribution in [0.3, 0.4) is 0 Å². The minimum absolute atomic E-state index is 0.0971. The van der Waals surface area contributed by atoms with Crippen molar-refractivity contribution in [2.24, 2.45) is 0 Å². The fourth-order valence-electron chi connectivity index (χ4n) is 1.79. The van der Waals surface area contributed by atoms with E-state index >= 15 is 0 Å². The zero-order chi connectivity index (χ0) is 13.1. The van der Waals surface area contributed by atoms with Gasteiger partial charge in [0.15, 0.2) is 0 Å². The third-order valence-corrected chi connectivity index (χ3v) is 3.04. The summed E-state index contributed by atoms with van der Waals surface area (Å²) < 4.78 is 5.65. The van der Waals surface area contributed by atoms with E-state index in [-0.39, 0.29) is 6.42 Å². The van der Waals surface area contributed by atoms with Crippen LogP contribution in [0.15, 0.2) is 34.7 Å². The largest absolute Gasteiger partial charge is 0.481 e. The molecule has 0 amide bonds. The number of furan rings is 1. The molecule has 0 saturated heterocycles. The van der Waals surface area contributed by atoms with Gasteiger partial charge in [0, 0.05) is 12.0 Å². The first-order valence-corrected chi connectivity index (χ1v) is 5.94. The first-order valence-electron chi connectivity index (χ1n) is 5.94. The molecule has 0 aliphatic heterocycles. The van der Waals surface area contributed by atoms with Crippen molar-refractivity contribution in [3.8, 4) is 11.3 Å². The van der Waals surface area contributed by atoms with Crippen LogP contribution in [-0.4, -0.2) is 11.1 Å². The molecule has 3 heteroatoms. The average molecular weight is 244 g/mol. The molecule has 1 aromatic heterocycles. The highest BCUT2D eigenvalue weighted by atomic mass is 16.4. The highest BCUT2D eigenvalue weighted by Crippen LogP contribution is 2.24. The van der Waals surface area contributed by atoms with Crippen LogP contribution < -0.4 is 0 Å². The second kappa shape index (κ2) is 5.08. The molecule has 18 heavy (non-hydrogen) atoms. The van der Waals surface area contributed by atoms with Crippen LogP contribution >= 0.6 is 0 Å². The highest BCUT2D eigenvalue weighted by Gasteiger charge is 2.07. The number of carboxylic acid groups (broad SMARTS) is 1.